The van der Waals surface area contributed by atoms with E-state index in [0.717, 1.165) is 17.5 Å². The molecule has 1 aliphatic heterocycles. The van der Waals surface area contributed by atoms with Gasteiger partial charge in [-0.2, -0.15) is 0 Å². The predicted octanol–water partition coefficient (Wildman–Crippen LogP) is 1.76. The molecule has 3 rings (SSSR count). The molecule has 2 aromatic carbocycles. The molecule has 1 aliphatic rings. The molecule has 0 saturated carbocycles. The SMILES string of the molecule is CNS(=O)(=O)c1ccc(Cl)c(C(=O)OCC(=O)N2CCN(c3ccc(OC)cc3)CC2)c1. The third kappa shape index (κ3) is 5.50. The van der Waals surface area contributed by atoms with Gasteiger partial charge in [-0.05, 0) is 49.5 Å². The van der Waals surface area contributed by atoms with Crippen LogP contribution in [0.2, 0.25) is 5.02 Å². The quantitative estimate of drug-likeness (QED) is 0.601. The number of benzene rings is 2. The molecule has 172 valence electrons. The number of hydrogen-bond donors (Lipinski definition) is 1. The lowest BCUT2D eigenvalue weighted by molar-refractivity contribution is -0.134. The van der Waals surface area contributed by atoms with Gasteiger partial charge in [-0.15, -0.1) is 0 Å². The number of halogens is 1. The molecule has 1 amide bonds. The molecule has 1 N–H and O–H groups in total. The molecule has 1 saturated heterocycles. The molecule has 11 heteroatoms. The number of ether oxygens (including phenoxy) is 2. The van der Waals surface area contributed by atoms with Crippen LogP contribution in [0.5, 0.6) is 5.75 Å². The Kier molecular flexibility index (Phi) is 7.60. The predicted molar refractivity (Wildman–Crippen MR) is 120 cm³/mol. The minimum atomic E-state index is -3.75. The van der Waals surface area contributed by atoms with Crippen LogP contribution in [0.15, 0.2) is 47.4 Å². The number of nitrogens with zero attached hydrogens (tertiary/aromatic N) is 2. The molecule has 2 aromatic rings. The number of methoxy groups -OCH3 is 1. The minimum absolute atomic E-state index is 0.0330. The first-order valence-corrected chi connectivity index (χ1v) is 11.7. The number of nitrogens with one attached hydrogen (secondary N) is 1. The first-order chi connectivity index (χ1) is 15.2. The van der Waals surface area contributed by atoms with Crippen molar-refractivity contribution in [2.24, 2.45) is 0 Å². The third-order valence-electron chi connectivity index (χ3n) is 5.13. The number of esters is 1. The number of hydrogen-bond acceptors (Lipinski definition) is 7. The normalized spacial score (nSPS) is 14.2. The second-order valence-corrected chi connectivity index (χ2v) is 9.28. The smallest absolute Gasteiger partial charge is 0.340 e. The summed E-state index contributed by atoms with van der Waals surface area (Å²) in [6.45, 7) is 1.79. The van der Waals surface area contributed by atoms with E-state index in [0.29, 0.717) is 26.2 Å². The third-order valence-corrected chi connectivity index (χ3v) is 6.88. The Bertz CT molecular complexity index is 1080. The lowest BCUT2D eigenvalue weighted by atomic mass is 10.2. The Morgan fingerprint density at radius 3 is 2.31 bits per heavy atom. The first kappa shape index (κ1) is 23.8. The largest absolute Gasteiger partial charge is 0.497 e. The van der Waals surface area contributed by atoms with Crippen molar-refractivity contribution in [1.82, 2.24) is 9.62 Å². The zero-order valence-corrected chi connectivity index (χ0v) is 19.3. The van der Waals surface area contributed by atoms with Crippen molar-refractivity contribution >= 4 is 39.2 Å². The number of rotatable bonds is 7. The van der Waals surface area contributed by atoms with Gasteiger partial charge in [0, 0.05) is 31.9 Å². The number of piperazine rings is 1. The van der Waals surface area contributed by atoms with Crippen LogP contribution in [0.1, 0.15) is 10.4 Å². The Morgan fingerprint density at radius 1 is 1.06 bits per heavy atom. The Balaban J connectivity index is 1.55. The van der Waals surface area contributed by atoms with Crippen molar-refractivity contribution in [1.29, 1.82) is 0 Å². The van der Waals surface area contributed by atoms with Gasteiger partial charge in [0.05, 0.1) is 22.6 Å². The average Bonchev–Trinajstić information content (AvgIpc) is 2.82. The highest BCUT2D eigenvalue weighted by molar-refractivity contribution is 7.89. The summed E-state index contributed by atoms with van der Waals surface area (Å²) < 4.78 is 36.3. The molecule has 0 aliphatic carbocycles. The summed E-state index contributed by atoms with van der Waals surface area (Å²) in [5, 5.41) is 0.0330. The fourth-order valence-electron chi connectivity index (χ4n) is 3.25. The van der Waals surface area contributed by atoms with Crippen molar-refractivity contribution in [3.63, 3.8) is 0 Å². The van der Waals surface area contributed by atoms with E-state index < -0.39 is 22.6 Å². The molecule has 9 nitrogen and oxygen atoms in total. The molecule has 1 fully saturated rings. The van der Waals surface area contributed by atoms with Gasteiger partial charge in [-0.1, -0.05) is 11.6 Å². The van der Waals surface area contributed by atoms with Gasteiger partial charge in [0.1, 0.15) is 5.75 Å². The number of amides is 1. The van der Waals surface area contributed by atoms with Crippen molar-refractivity contribution in [3.8, 4) is 5.75 Å². The van der Waals surface area contributed by atoms with Crippen LogP contribution in [0.25, 0.3) is 0 Å². The van der Waals surface area contributed by atoms with Gasteiger partial charge in [0.15, 0.2) is 6.61 Å². The molecule has 0 radical (unpaired) electrons. The van der Waals surface area contributed by atoms with E-state index in [-0.39, 0.29) is 21.4 Å². The molecule has 0 spiro atoms. The van der Waals surface area contributed by atoms with Crippen LogP contribution in [-0.2, 0) is 19.6 Å². The molecule has 0 bridgehead atoms. The molecule has 0 atom stereocenters. The monoisotopic (exact) mass is 481 g/mol. The molecule has 0 unspecified atom stereocenters. The van der Waals surface area contributed by atoms with Gasteiger partial charge in [0.25, 0.3) is 5.91 Å². The second kappa shape index (κ2) is 10.2. The fraction of sp³-hybridized carbons (Fsp3) is 0.333. The van der Waals surface area contributed by atoms with Crippen molar-refractivity contribution in [2.75, 3.05) is 51.8 Å². The molecular formula is C21H24ClN3O6S. The van der Waals surface area contributed by atoms with Gasteiger partial charge in [0.2, 0.25) is 10.0 Å². The average molecular weight is 482 g/mol. The Morgan fingerprint density at radius 2 is 1.72 bits per heavy atom. The van der Waals surface area contributed by atoms with Gasteiger partial charge in [-0.25, -0.2) is 17.9 Å². The Hall–Kier alpha value is -2.82. The maximum atomic E-state index is 12.5. The molecular weight excluding hydrogens is 458 g/mol. The summed E-state index contributed by atoms with van der Waals surface area (Å²) in [7, 11) is -0.884. The van der Waals surface area contributed by atoms with Crippen LogP contribution in [0.3, 0.4) is 0 Å². The zero-order chi connectivity index (χ0) is 23.3. The topological polar surface area (TPSA) is 105 Å². The van der Waals surface area contributed by atoms with E-state index in [1.807, 2.05) is 24.3 Å². The second-order valence-electron chi connectivity index (χ2n) is 6.99. The standard InChI is InChI=1S/C21H24ClN3O6S/c1-23-32(28,29)17-7-8-19(22)18(13-17)21(27)31-14-20(26)25-11-9-24(10-12-25)15-3-5-16(30-2)6-4-15/h3-8,13,23H,9-12,14H2,1-2H3. The van der Waals surface area contributed by atoms with Crippen molar-refractivity contribution in [3.05, 3.63) is 53.1 Å². The molecule has 1 heterocycles. The zero-order valence-electron chi connectivity index (χ0n) is 17.7. The van der Waals surface area contributed by atoms with E-state index in [2.05, 4.69) is 9.62 Å². The molecule has 32 heavy (non-hydrogen) atoms. The summed E-state index contributed by atoms with van der Waals surface area (Å²) in [5.74, 6) is -0.421. The van der Waals surface area contributed by atoms with Gasteiger partial charge < -0.3 is 19.3 Å². The summed E-state index contributed by atoms with van der Waals surface area (Å²) in [6.07, 6.45) is 0. The summed E-state index contributed by atoms with van der Waals surface area (Å²) in [5.41, 5.74) is 0.912. The lowest BCUT2D eigenvalue weighted by Gasteiger charge is -2.36. The van der Waals surface area contributed by atoms with E-state index in [9.17, 15) is 18.0 Å². The Labute approximate surface area is 191 Å². The van der Waals surface area contributed by atoms with Gasteiger partial charge >= 0.3 is 5.97 Å². The number of carbonyl (C=O) groups excluding carboxylic acids is 2. The fourth-order valence-corrected chi connectivity index (χ4v) is 4.20. The first-order valence-electron chi connectivity index (χ1n) is 9.82. The summed E-state index contributed by atoms with van der Waals surface area (Å²) in [6, 6.07) is 11.4. The lowest BCUT2D eigenvalue weighted by Crippen LogP contribution is -2.49. The highest BCUT2D eigenvalue weighted by atomic mass is 35.5. The van der Waals surface area contributed by atoms with Crippen LogP contribution >= 0.6 is 11.6 Å². The van der Waals surface area contributed by atoms with E-state index >= 15 is 0 Å². The van der Waals surface area contributed by atoms with Crippen molar-refractivity contribution < 1.29 is 27.5 Å². The van der Waals surface area contributed by atoms with E-state index in [1.54, 1.807) is 12.0 Å². The molecule has 0 aromatic heterocycles. The van der Waals surface area contributed by atoms with Crippen LogP contribution in [0, 0.1) is 0 Å². The number of sulfonamides is 1. The van der Waals surface area contributed by atoms with E-state index in [4.69, 9.17) is 21.1 Å². The number of carbonyl (C=O) groups is 2. The highest BCUT2D eigenvalue weighted by Gasteiger charge is 2.24. The maximum Gasteiger partial charge on any atom is 0.340 e. The number of anilines is 1. The van der Waals surface area contributed by atoms with Gasteiger partial charge in [-0.3, -0.25) is 4.79 Å². The maximum absolute atomic E-state index is 12.5. The van der Waals surface area contributed by atoms with E-state index in [1.165, 1.54) is 19.2 Å². The minimum Gasteiger partial charge on any atom is -0.497 e. The van der Waals surface area contributed by atoms with Crippen LogP contribution in [0.4, 0.5) is 5.69 Å². The van der Waals surface area contributed by atoms with Crippen LogP contribution < -0.4 is 14.4 Å². The summed E-state index contributed by atoms with van der Waals surface area (Å²) >= 11 is 6.02. The van der Waals surface area contributed by atoms with Crippen molar-refractivity contribution in [2.45, 2.75) is 4.90 Å². The van der Waals surface area contributed by atoms with Crippen LogP contribution in [-0.4, -0.2) is 72.1 Å². The summed E-state index contributed by atoms with van der Waals surface area (Å²) in [4.78, 5) is 28.5. The highest BCUT2D eigenvalue weighted by Crippen LogP contribution is 2.22.